The number of rotatable bonds is 5. The number of benzene rings is 2. The number of carbonyl (C=O) groups is 1. The van der Waals surface area contributed by atoms with E-state index in [4.69, 9.17) is 9.47 Å². The molecule has 3 rings (SSSR count). The molecule has 1 aliphatic heterocycles. The second-order valence-electron chi connectivity index (χ2n) is 6.64. The summed E-state index contributed by atoms with van der Waals surface area (Å²) in [5.41, 5.74) is 4.39. The monoisotopic (exact) mass is 406 g/mol. The third kappa shape index (κ3) is 4.55. The summed E-state index contributed by atoms with van der Waals surface area (Å²) in [5.74, 6) is -0.318. The van der Waals surface area contributed by atoms with Crippen LogP contribution in [-0.2, 0) is 11.2 Å². The van der Waals surface area contributed by atoms with Gasteiger partial charge in [0.2, 0.25) is 0 Å². The summed E-state index contributed by atoms with van der Waals surface area (Å²) < 4.78 is 52.2. The zero-order valence-corrected chi connectivity index (χ0v) is 16.4. The van der Waals surface area contributed by atoms with Crippen LogP contribution in [0.25, 0.3) is 11.1 Å². The second kappa shape index (κ2) is 8.19. The van der Waals surface area contributed by atoms with E-state index in [1.54, 1.807) is 32.2 Å². The van der Waals surface area contributed by atoms with Crippen LogP contribution in [-0.4, -0.2) is 18.9 Å². The van der Waals surface area contributed by atoms with Crippen LogP contribution < -0.4 is 9.47 Å². The lowest BCUT2D eigenvalue weighted by Crippen LogP contribution is -2.17. The van der Waals surface area contributed by atoms with Crippen molar-refractivity contribution < 1.29 is 32.2 Å². The van der Waals surface area contributed by atoms with Crippen LogP contribution in [0.2, 0.25) is 0 Å². The maximum Gasteiger partial charge on any atom is 0.573 e. The molecular formula is C22H21F3O4. The third-order valence-corrected chi connectivity index (χ3v) is 4.66. The van der Waals surface area contributed by atoms with Gasteiger partial charge in [-0.3, -0.25) is 0 Å². The lowest BCUT2D eigenvalue weighted by molar-refractivity contribution is -0.274. The standard InChI is InChI=1S/C22H21F3O4/c1-4-14-11-18-17(15-6-8-16(9-7-15)29-22(23,24)25)10-13(3)19(20(18)28-12-14)21(26)27-5-2/h6-10,12H,4-5,11H2,1-3H3. The Bertz CT molecular complexity index is 944. The molecule has 2 aromatic carbocycles. The number of esters is 1. The van der Waals surface area contributed by atoms with Gasteiger partial charge in [-0.25, -0.2) is 4.79 Å². The summed E-state index contributed by atoms with van der Waals surface area (Å²) in [7, 11) is 0. The second-order valence-corrected chi connectivity index (χ2v) is 6.64. The van der Waals surface area contributed by atoms with Gasteiger partial charge in [0.05, 0.1) is 12.9 Å². The van der Waals surface area contributed by atoms with E-state index in [0.29, 0.717) is 28.9 Å². The fraction of sp³-hybridized carbons (Fsp3) is 0.318. The molecule has 0 N–H and O–H groups in total. The summed E-state index contributed by atoms with van der Waals surface area (Å²) >= 11 is 0. The van der Waals surface area contributed by atoms with Crippen molar-refractivity contribution in [1.82, 2.24) is 0 Å². The van der Waals surface area contributed by atoms with E-state index in [2.05, 4.69) is 4.74 Å². The molecule has 0 unspecified atom stereocenters. The van der Waals surface area contributed by atoms with E-state index in [0.717, 1.165) is 23.1 Å². The van der Waals surface area contributed by atoms with Gasteiger partial charge in [-0.15, -0.1) is 13.2 Å². The van der Waals surface area contributed by atoms with Gasteiger partial charge in [-0.05, 0) is 54.7 Å². The smallest absolute Gasteiger partial charge is 0.464 e. The maximum atomic E-state index is 12.5. The molecule has 0 atom stereocenters. The van der Waals surface area contributed by atoms with Gasteiger partial charge in [0.25, 0.3) is 0 Å². The number of hydrogen-bond acceptors (Lipinski definition) is 4. The van der Waals surface area contributed by atoms with E-state index >= 15 is 0 Å². The van der Waals surface area contributed by atoms with E-state index in [1.165, 1.54) is 12.1 Å². The van der Waals surface area contributed by atoms with Crippen molar-refractivity contribution in [1.29, 1.82) is 0 Å². The van der Waals surface area contributed by atoms with E-state index < -0.39 is 12.3 Å². The van der Waals surface area contributed by atoms with Gasteiger partial charge >= 0.3 is 12.3 Å². The number of hydrogen-bond donors (Lipinski definition) is 0. The molecule has 0 radical (unpaired) electrons. The molecule has 4 nitrogen and oxygen atoms in total. The number of alkyl halides is 3. The van der Waals surface area contributed by atoms with Gasteiger partial charge in [0, 0.05) is 12.0 Å². The van der Waals surface area contributed by atoms with Gasteiger partial charge in [-0.1, -0.05) is 25.1 Å². The first-order valence-electron chi connectivity index (χ1n) is 9.27. The molecule has 154 valence electrons. The van der Waals surface area contributed by atoms with E-state index in [9.17, 15) is 18.0 Å². The van der Waals surface area contributed by atoms with Crippen molar-refractivity contribution in [2.24, 2.45) is 0 Å². The maximum absolute atomic E-state index is 12.5. The fourth-order valence-electron chi connectivity index (χ4n) is 3.30. The molecule has 0 saturated carbocycles. The predicted octanol–water partition coefficient (Wildman–Crippen LogP) is 5.97. The van der Waals surface area contributed by atoms with E-state index in [-0.39, 0.29) is 12.4 Å². The van der Waals surface area contributed by atoms with Crippen molar-refractivity contribution in [3.8, 4) is 22.6 Å². The Morgan fingerprint density at radius 2 is 1.86 bits per heavy atom. The summed E-state index contributed by atoms with van der Waals surface area (Å²) in [5, 5.41) is 0. The first kappa shape index (κ1) is 20.8. The average molecular weight is 406 g/mol. The van der Waals surface area contributed by atoms with Crippen LogP contribution in [0.4, 0.5) is 13.2 Å². The van der Waals surface area contributed by atoms with Crippen molar-refractivity contribution in [3.05, 3.63) is 58.9 Å². The van der Waals surface area contributed by atoms with Gasteiger partial charge in [0.15, 0.2) is 0 Å². The van der Waals surface area contributed by atoms with Crippen molar-refractivity contribution in [3.63, 3.8) is 0 Å². The van der Waals surface area contributed by atoms with Gasteiger partial charge in [0.1, 0.15) is 17.1 Å². The number of ether oxygens (including phenoxy) is 3. The highest BCUT2D eigenvalue weighted by atomic mass is 19.4. The Hall–Kier alpha value is -2.96. The Kier molecular flexibility index (Phi) is 5.86. The van der Waals surface area contributed by atoms with Crippen LogP contribution >= 0.6 is 0 Å². The highest BCUT2D eigenvalue weighted by Gasteiger charge is 2.31. The van der Waals surface area contributed by atoms with Crippen molar-refractivity contribution >= 4 is 5.97 Å². The third-order valence-electron chi connectivity index (χ3n) is 4.66. The molecule has 0 aromatic heterocycles. The Morgan fingerprint density at radius 3 is 2.45 bits per heavy atom. The summed E-state index contributed by atoms with van der Waals surface area (Å²) in [4.78, 5) is 12.5. The molecule has 0 bridgehead atoms. The molecular weight excluding hydrogens is 385 g/mol. The highest BCUT2D eigenvalue weighted by molar-refractivity contribution is 5.96. The SMILES string of the molecule is CCOC(=O)c1c(C)cc(-c2ccc(OC(F)(F)F)cc2)c2c1OC=C(CC)C2. The lowest BCUT2D eigenvalue weighted by Gasteiger charge is -2.24. The molecule has 0 spiro atoms. The molecule has 1 aliphatic rings. The summed E-state index contributed by atoms with van der Waals surface area (Å²) in [6.07, 6.45) is -1.74. The highest BCUT2D eigenvalue weighted by Crippen LogP contribution is 2.41. The normalized spacial score (nSPS) is 13.2. The number of fused-ring (bicyclic) bond motifs is 1. The van der Waals surface area contributed by atoms with Crippen LogP contribution in [0, 0.1) is 6.92 Å². The Balaban J connectivity index is 2.08. The number of aryl methyl sites for hydroxylation is 1. The topological polar surface area (TPSA) is 44.8 Å². The minimum absolute atomic E-state index is 0.242. The molecule has 2 aromatic rings. The molecule has 0 amide bonds. The predicted molar refractivity (Wildman–Crippen MR) is 102 cm³/mol. The quantitative estimate of drug-likeness (QED) is 0.574. The average Bonchev–Trinajstić information content (AvgIpc) is 2.66. The molecule has 0 aliphatic carbocycles. The molecule has 7 heteroatoms. The first-order chi connectivity index (χ1) is 13.7. The first-order valence-corrected chi connectivity index (χ1v) is 9.27. The molecule has 1 heterocycles. The number of halogens is 3. The number of carbonyl (C=O) groups excluding carboxylic acids is 1. The Morgan fingerprint density at radius 1 is 1.17 bits per heavy atom. The fourth-order valence-corrected chi connectivity index (χ4v) is 3.30. The van der Waals surface area contributed by atoms with Crippen LogP contribution in [0.15, 0.2) is 42.2 Å². The summed E-state index contributed by atoms with van der Waals surface area (Å²) in [6.45, 7) is 5.75. The zero-order valence-electron chi connectivity index (χ0n) is 16.4. The Labute approximate surface area is 166 Å². The molecule has 0 fully saturated rings. The van der Waals surface area contributed by atoms with E-state index in [1.807, 2.05) is 13.0 Å². The minimum atomic E-state index is -4.74. The summed E-state index contributed by atoms with van der Waals surface area (Å²) in [6, 6.07) is 7.50. The van der Waals surface area contributed by atoms with Crippen LogP contribution in [0.1, 0.15) is 41.8 Å². The van der Waals surface area contributed by atoms with Crippen molar-refractivity contribution in [2.45, 2.75) is 40.0 Å². The number of allylic oxidation sites excluding steroid dienone is 1. The zero-order chi connectivity index (χ0) is 21.2. The minimum Gasteiger partial charge on any atom is -0.464 e. The lowest BCUT2D eigenvalue weighted by atomic mass is 9.88. The van der Waals surface area contributed by atoms with Crippen molar-refractivity contribution in [2.75, 3.05) is 6.61 Å². The van der Waals surface area contributed by atoms with Gasteiger partial charge < -0.3 is 14.2 Å². The molecule has 0 saturated heterocycles. The van der Waals surface area contributed by atoms with Crippen LogP contribution in [0.3, 0.4) is 0 Å². The molecule has 29 heavy (non-hydrogen) atoms. The van der Waals surface area contributed by atoms with Crippen LogP contribution in [0.5, 0.6) is 11.5 Å². The largest absolute Gasteiger partial charge is 0.573 e. The van der Waals surface area contributed by atoms with Gasteiger partial charge in [-0.2, -0.15) is 0 Å².